The molecule has 24 heavy (non-hydrogen) atoms. The molecule has 1 aromatic carbocycles. The molecule has 1 aliphatic carbocycles. The van der Waals surface area contributed by atoms with Crippen molar-refractivity contribution >= 4 is 17.3 Å². The Bertz CT molecular complexity index is 738. The second kappa shape index (κ2) is 6.93. The van der Waals surface area contributed by atoms with Gasteiger partial charge in [0.2, 0.25) is 0 Å². The summed E-state index contributed by atoms with van der Waals surface area (Å²) in [5, 5.41) is 24.5. The Morgan fingerprint density at radius 3 is 2.71 bits per heavy atom. The summed E-state index contributed by atoms with van der Waals surface area (Å²) < 4.78 is 5.75. The van der Waals surface area contributed by atoms with E-state index in [9.17, 15) is 15.2 Å². The Labute approximate surface area is 144 Å². The first-order chi connectivity index (χ1) is 11.5. The fraction of sp³-hybridized carbons (Fsp3) is 0.412. The average Bonchev–Trinajstić information content (AvgIpc) is 3.17. The van der Waals surface area contributed by atoms with E-state index < -0.39 is 10.5 Å². The summed E-state index contributed by atoms with van der Waals surface area (Å²) in [6.45, 7) is 1.05. The van der Waals surface area contributed by atoms with Gasteiger partial charge in [0.25, 0.3) is 5.69 Å². The highest BCUT2D eigenvalue weighted by atomic mass is 35.5. The van der Waals surface area contributed by atoms with Gasteiger partial charge in [0.05, 0.1) is 22.1 Å². The molecule has 0 atom stereocenters. The van der Waals surface area contributed by atoms with Gasteiger partial charge in [-0.2, -0.15) is 0 Å². The van der Waals surface area contributed by atoms with Gasteiger partial charge in [0.15, 0.2) is 0 Å². The first-order valence-corrected chi connectivity index (χ1v) is 8.31. The normalized spacial score (nSPS) is 16.4. The van der Waals surface area contributed by atoms with E-state index in [1.165, 1.54) is 12.1 Å². The number of hydrogen-bond acceptors (Lipinski definition) is 5. The number of nitrogens with zero attached hydrogens (tertiary/aromatic N) is 1. The molecule has 0 unspecified atom stereocenters. The van der Waals surface area contributed by atoms with Crippen LogP contribution >= 0.6 is 11.6 Å². The molecule has 0 bridgehead atoms. The number of nitrogens with one attached hydrogen (secondary N) is 1. The van der Waals surface area contributed by atoms with Crippen molar-refractivity contribution in [3.8, 4) is 11.3 Å². The van der Waals surface area contributed by atoms with E-state index in [2.05, 4.69) is 5.32 Å². The van der Waals surface area contributed by atoms with E-state index in [0.29, 0.717) is 24.4 Å². The lowest BCUT2D eigenvalue weighted by Gasteiger charge is -2.22. The second-order valence-corrected chi connectivity index (χ2v) is 6.63. The zero-order chi connectivity index (χ0) is 17.2. The second-order valence-electron chi connectivity index (χ2n) is 6.22. The summed E-state index contributed by atoms with van der Waals surface area (Å²) in [7, 11) is 0. The van der Waals surface area contributed by atoms with Gasteiger partial charge >= 0.3 is 0 Å². The third kappa shape index (κ3) is 3.77. The molecular formula is C17H19ClN2O4. The Kier molecular flexibility index (Phi) is 4.89. The third-order valence-electron chi connectivity index (χ3n) is 4.38. The number of nitro groups is 1. The van der Waals surface area contributed by atoms with Crippen LogP contribution in [0, 0.1) is 10.1 Å². The number of halogens is 1. The van der Waals surface area contributed by atoms with Gasteiger partial charge in [-0.1, -0.05) is 24.4 Å². The first kappa shape index (κ1) is 17.0. The minimum Gasteiger partial charge on any atom is -0.460 e. The van der Waals surface area contributed by atoms with Gasteiger partial charge in [-0.05, 0) is 31.0 Å². The van der Waals surface area contributed by atoms with E-state index in [4.69, 9.17) is 16.0 Å². The van der Waals surface area contributed by atoms with Crippen molar-refractivity contribution in [3.63, 3.8) is 0 Å². The molecule has 1 aliphatic rings. The zero-order valence-corrected chi connectivity index (χ0v) is 13.9. The lowest BCUT2D eigenvalue weighted by atomic mass is 10.0. The van der Waals surface area contributed by atoms with Gasteiger partial charge < -0.3 is 14.8 Å². The van der Waals surface area contributed by atoms with Crippen LogP contribution in [0.2, 0.25) is 5.02 Å². The minimum atomic E-state index is -0.600. The molecule has 1 fully saturated rings. The van der Waals surface area contributed by atoms with Crippen LogP contribution in [-0.2, 0) is 6.54 Å². The summed E-state index contributed by atoms with van der Waals surface area (Å²) in [6.07, 6.45) is 3.81. The van der Waals surface area contributed by atoms with E-state index in [-0.39, 0.29) is 10.7 Å². The predicted octanol–water partition coefficient (Wildman–Crippen LogP) is 3.90. The zero-order valence-electron chi connectivity index (χ0n) is 13.1. The lowest BCUT2D eigenvalue weighted by molar-refractivity contribution is -0.384. The number of hydrogen-bond donors (Lipinski definition) is 2. The van der Waals surface area contributed by atoms with Gasteiger partial charge in [-0.15, -0.1) is 0 Å². The van der Waals surface area contributed by atoms with Crippen LogP contribution in [-0.4, -0.2) is 22.2 Å². The fourth-order valence-corrected chi connectivity index (χ4v) is 3.33. The summed E-state index contributed by atoms with van der Waals surface area (Å²) >= 11 is 6.11. The van der Waals surface area contributed by atoms with Crippen molar-refractivity contribution in [3.05, 3.63) is 51.2 Å². The van der Waals surface area contributed by atoms with Crippen LogP contribution in [0.1, 0.15) is 31.4 Å². The van der Waals surface area contributed by atoms with Crippen LogP contribution in [0.3, 0.4) is 0 Å². The van der Waals surface area contributed by atoms with Crippen LogP contribution in [0.5, 0.6) is 0 Å². The molecule has 6 nitrogen and oxygen atoms in total. The molecular weight excluding hydrogens is 332 g/mol. The van der Waals surface area contributed by atoms with Crippen LogP contribution in [0.25, 0.3) is 11.3 Å². The van der Waals surface area contributed by atoms with Crippen LogP contribution < -0.4 is 5.32 Å². The highest BCUT2D eigenvalue weighted by Gasteiger charge is 2.30. The van der Waals surface area contributed by atoms with Crippen molar-refractivity contribution in [2.75, 3.05) is 6.54 Å². The SMILES string of the molecule is O=[N+]([O-])c1ccc(-c2ccc(CNCC3(O)CCCC3)o2)c(Cl)c1. The highest BCUT2D eigenvalue weighted by Crippen LogP contribution is 2.32. The van der Waals surface area contributed by atoms with Crippen molar-refractivity contribution in [2.45, 2.75) is 37.8 Å². The van der Waals surface area contributed by atoms with E-state index in [0.717, 1.165) is 31.4 Å². The molecule has 2 aromatic rings. The smallest absolute Gasteiger partial charge is 0.270 e. The van der Waals surface area contributed by atoms with Gasteiger partial charge in [0.1, 0.15) is 11.5 Å². The molecule has 0 saturated heterocycles. The summed E-state index contributed by atoms with van der Waals surface area (Å²) in [5.41, 5.74) is -0.0400. The van der Waals surface area contributed by atoms with Crippen molar-refractivity contribution in [2.24, 2.45) is 0 Å². The standard InChI is InChI=1S/C17H19ClN2O4/c18-15-9-12(20(22)23)3-5-14(15)16-6-4-13(24-16)10-19-11-17(21)7-1-2-8-17/h3-6,9,19,21H,1-2,7-8,10-11H2. The van der Waals surface area contributed by atoms with Gasteiger partial charge in [0, 0.05) is 24.2 Å². The Balaban J connectivity index is 1.64. The largest absolute Gasteiger partial charge is 0.460 e. The maximum Gasteiger partial charge on any atom is 0.270 e. The van der Waals surface area contributed by atoms with E-state index >= 15 is 0 Å². The minimum absolute atomic E-state index is 0.0537. The molecule has 1 aromatic heterocycles. The maximum absolute atomic E-state index is 10.8. The van der Waals surface area contributed by atoms with Gasteiger partial charge in [-0.25, -0.2) is 0 Å². The summed E-state index contributed by atoms with van der Waals surface area (Å²) in [6, 6.07) is 7.91. The van der Waals surface area contributed by atoms with Crippen LogP contribution in [0.15, 0.2) is 34.7 Å². The average molecular weight is 351 g/mol. The molecule has 128 valence electrons. The molecule has 0 amide bonds. The fourth-order valence-electron chi connectivity index (χ4n) is 3.06. The number of rotatable bonds is 6. The predicted molar refractivity (Wildman–Crippen MR) is 90.9 cm³/mol. The molecule has 0 spiro atoms. The van der Waals surface area contributed by atoms with Crippen molar-refractivity contribution in [1.82, 2.24) is 5.32 Å². The molecule has 1 saturated carbocycles. The number of benzene rings is 1. The monoisotopic (exact) mass is 350 g/mol. The highest BCUT2D eigenvalue weighted by molar-refractivity contribution is 6.33. The van der Waals surface area contributed by atoms with Crippen molar-refractivity contribution in [1.29, 1.82) is 0 Å². The number of non-ortho nitro benzene ring substituents is 1. The van der Waals surface area contributed by atoms with E-state index in [1.54, 1.807) is 12.1 Å². The first-order valence-electron chi connectivity index (χ1n) is 7.93. The summed E-state index contributed by atoms with van der Waals surface area (Å²) in [5.74, 6) is 1.28. The molecule has 0 radical (unpaired) electrons. The van der Waals surface area contributed by atoms with Crippen LogP contribution in [0.4, 0.5) is 5.69 Å². The maximum atomic E-state index is 10.8. The lowest BCUT2D eigenvalue weighted by Crippen LogP contribution is -2.37. The number of aliphatic hydroxyl groups is 1. The van der Waals surface area contributed by atoms with Gasteiger partial charge in [-0.3, -0.25) is 10.1 Å². The Hall–Kier alpha value is -1.89. The number of nitro benzene ring substituents is 1. The third-order valence-corrected chi connectivity index (χ3v) is 4.69. The molecule has 1 heterocycles. The Morgan fingerprint density at radius 1 is 1.29 bits per heavy atom. The molecule has 3 rings (SSSR count). The molecule has 0 aliphatic heterocycles. The topological polar surface area (TPSA) is 88.5 Å². The molecule has 2 N–H and O–H groups in total. The van der Waals surface area contributed by atoms with Crippen molar-refractivity contribution < 1.29 is 14.4 Å². The van der Waals surface area contributed by atoms with E-state index in [1.807, 2.05) is 6.07 Å². The molecule has 7 heteroatoms. The summed E-state index contributed by atoms with van der Waals surface area (Å²) in [4.78, 5) is 10.3. The Morgan fingerprint density at radius 2 is 2.04 bits per heavy atom. The quantitative estimate of drug-likeness (QED) is 0.609. The number of furan rings is 1.